The first kappa shape index (κ1) is 23.0. The summed E-state index contributed by atoms with van der Waals surface area (Å²) in [4.78, 5) is 22.7. The lowest BCUT2D eigenvalue weighted by Crippen LogP contribution is -2.09. The lowest BCUT2D eigenvalue weighted by Gasteiger charge is -2.18. The van der Waals surface area contributed by atoms with E-state index >= 15 is 0 Å². The van der Waals surface area contributed by atoms with Gasteiger partial charge in [0.25, 0.3) is 0 Å². The number of alkyl halides is 3. The molecule has 0 radical (unpaired) electrons. The first-order chi connectivity index (χ1) is 16.2. The molecule has 4 aromatic rings. The van der Waals surface area contributed by atoms with E-state index < -0.39 is 17.5 Å². The zero-order chi connectivity index (χ0) is 24.3. The summed E-state index contributed by atoms with van der Waals surface area (Å²) in [5.41, 5.74) is 2.28. The van der Waals surface area contributed by atoms with Gasteiger partial charge < -0.3 is 10.1 Å². The Hall–Kier alpha value is -4.15. The molecule has 0 aliphatic heterocycles. The van der Waals surface area contributed by atoms with Crippen molar-refractivity contribution >= 4 is 11.5 Å². The predicted molar refractivity (Wildman–Crippen MR) is 118 cm³/mol. The van der Waals surface area contributed by atoms with Crippen molar-refractivity contribution in [1.82, 2.24) is 20.1 Å². The van der Waals surface area contributed by atoms with Crippen LogP contribution in [0.4, 0.5) is 24.7 Å². The molecular formula is C23H20F3N5O3. The quantitative estimate of drug-likeness (QED) is 0.398. The van der Waals surface area contributed by atoms with E-state index in [1.54, 1.807) is 19.3 Å². The van der Waals surface area contributed by atoms with Crippen molar-refractivity contribution in [2.75, 3.05) is 11.9 Å². The van der Waals surface area contributed by atoms with E-state index in [0.29, 0.717) is 41.3 Å². The Morgan fingerprint density at radius 1 is 1.09 bits per heavy atom. The molecule has 0 fully saturated rings. The Morgan fingerprint density at radius 3 is 2.41 bits per heavy atom. The highest BCUT2D eigenvalue weighted by atomic mass is 19.4. The van der Waals surface area contributed by atoms with E-state index in [9.17, 15) is 18.0 Å². The highest BCUT2D eigenvalue weighted by Crippen LogP contribution is 2.39. The summed E-state index contributed by atoms with van der Waals surface area (Å²) in [6.07, 6.45) is -0.470. The zero-order valence-corrected chi connectivity index (χ0v) is 18.2. The Kier molecular flexibility index (Phi) is 6.35. The largest absolute Gasteiger partial charge is 0.492 e. The van der Waals surface area contributed by atoms with Crippen LogP contribution >= 0.6 is 0 Å². The molecule has 2 N–H and O–H groups in total. The predicted octanol–water partition coefficient (Wildman–Crippen LogP) is 4.82. The Morgan fingerprint density at radius 2 is 1.79 bits per heavy atom. The molecule has 11 heteroatoms. The van der Waals surface area contributed by atoms with E-state index in [4.69, 9.17) is 4.74 Å². The maximum absolute atomic E-state index is 12.9. The first-order valence-corrected chi connectivity index (χ1v) is 10.3. The van der Waals surface area contributed by atoms with Crippen molar-refractivity contribution in [3.05, 3.63) is 81.7 Å². The molecule has 0 unspecified atom stereocenters. The third kappa shape index (κ3) is 5.08. The molecule has 176 valence electrons. The minimum atomic E-state index is -4.45. The monoisotopic (exact) mass is 471 g/mol. The minimum Gasteiger partial charge on any atom is -0.492 e. The molecule has 1 aromatic carbocycles. The van der Waals surface area contributed by atoms with Crippen LogP contribution in [0.15, 0.2) is 58.1 Å². The summed E-state index contributed by atoms with van der Waals surface area (Å²) in [6.45, 7) is 3.90. The van der Waals surface area contributed by atoms with Crippen LogP contribution in [-0.2, 0) is 12.6 Å². The summed E-state index contributed by atoms with van der Waals surface area (Å²) in [6, 6.07) is 8.27. The van der Waals surface area contributed by atoms with Gasteiger partial charge in [0.1, 0.15) is 17.1 Å². The van der Waals surface area contributed by atoms with E-state index in [-0.39, 0.29) is 11.6 Å². The SMILES string of the molecule is Cc1nc(Nc2ccc(C(F)(F)F)cc2)c(-c2noc(=O)[nH]2)c(OCCc2ccncc2)c1C. The molecule has 4 rings (SSSR count). The van der Waals surface area contributed by atoms with Gasteiger partial charge in [-0.2, -0.15) is 13.2 Å². The third-order valence-electron chi connectivity index (χ3n) is 5.17. The summed E-state index contributed by atoms with van der Waals surface area (Å²) in [5, 5.41) is 6.78. The lowest BCUT2D eigenvalue weighted by atomic mass is 10.1. The van der Waals surface area contributed by atoms with Gasteiger partial charge in [-0.3, -0.25) is 14.5 Å². The van der Waals surface area contributed by atoms with Crippen LogP contribution in [0.3, 0.4) is 0 Å². The molecule has 0 saturated heterocycles. The van der Waals surface area contributed by atoms with Crippen LogP contribution in [0.1, 0.15) is 22.4 Å². The fourth-order valence-electron chi connectivity index (χ4n) is 3.29. The highest BCUT2D eigenvalue weighted by molar-refractivity contribution is 5.81. The third-order valence-corrected chi connectivity index (χ3v) is 5.17. The molecule has 0 spiro atoms. The van der Waals surface area contributed by atoms with E-state index in [1.807, 2.05) is 19.1 Å². The minimum absolute atomic E-state index is 0.0777. The number of rotatable bonds is 7. The number of anilines is 2. The number of halogens is 3. The molecule has 3 heterocycles. The van der Waals surface area contributed by atoms with Crippen molar-refractivity contribution < 1.29 is 22.4 Å². The average Bonchev–Trinajstić information content (AvgIpc) is 3.23. The number of aromatic nitrogens is 4. The average molecular weight is 471 g/mol. The van der Waals surface area contributed by atoms with Gasteiger partial charge in [-0.05, 0) is 55.8 Å². The number of ether oxygens (including phenoxy) is 1. The van der Waals surface area contributed by atoms with Gasteiger partial charge >= 0.3 is 11.9 Å². The van der Waals surface area contributed by atoms with Gasteiger partial charge in [-0.15, -0.1) is 0 Å². The summed E-state index contributed by atoms with van der Waals surface area (Å²) >= 11 is 0. The standard InChI is InChI=1S/C23H20F3N5O3/c1-13-14(2)28-20(29-17-5-3-16(4-6-17)23(24,25)26)18(21-30-22(32)34-31-21)19(13)33-12-9-15-7-10-27-11-8-15/h3-8,10-11H,9,12H2,1-2H3,(H,28,29)(H,30,31,32). The number of benzene rings is 1. The fourth-order valence-corrected chi connectivity index (χ4v) is 3.29. The lowest BCUT2D eigenvalue weighted by molar-refractivity contribution is -0.137. The Balaban J connectivity index is 1.71. The molecule has 0 saturated carbocycles. The molecule has 0 amide bonds. The molecule has 8 nitrogen and oxygen atoms in total. The number of nitrogens with zero attached hydrogens (tertiary/aromatic N) is 3. The summed E-state index contributed by atoms with van der Waals surface area (Å²) in [5.74, 6) is -0.0304. The van der Waals surface area contributed by atoms with Crippen LogP contribution in [0.25, 0.3) is 11.4 Å². The van der Waals surface area contributed by atoms with Gasteiger partial charge in [-0.25, -0.2) is 9.78 Å². The van der Waals surface area contributed by atoms with Crippen LogP contribution in [0.2, 0.25) is 0 Å². The molecule has 0 aliphatic rings. The van der Waals surface area contributed by atoms with Gasteiger partial charge in [0.2, 0.25) is 0 Å². The maximum atomic E-state index is 12.9. The van der Waals surface area contributed by atoms with Gasteiger partial charge in [-0.1, -0.05) is 5.16 Å². The summed E-state index contributed by atoms with van der Waals surface area (Å²) < 4.78 is 49.5. The maximum Gasteiger partial charge on any atom is 0.439 e. The van der Waals surface area contributed by atoms with Crippen LogP contribution in [-0.4, -0.2) is 26.7 Å². The normalized spacial score (nSPS) is 11.4. The van der Waals surface area contributed by atoms with Crippen LogP contribution < -0.4 is 15.8 Å². The fraction of sp³-hybridized carbons (Fsp3) is 0.217. The molecule has 0 atom stereocenters. The van der Waals surface area contributed by atoms with E-state index in [1.165, 1.54) is 12.1 Å². The molecule has 0 aliphatic carbocycles. The number of pyridine rings is 2. The van der Waals surface area contributed by atoms with Crippen molar-refractivity contribution in [3.63, 3.8) is 0 Å². The topological polar surface area (TPSA) is 106 Å². The van der Waals surface area contributed by atoms with Crippen molar-refractivity contribution in [2.45, 2.75) is 26.4 Å². The molecule has 34 heavy (non-hydrogen) atoms. The smallest absolute Gasteiger partial charge is 0.439 e. The number of hydrogen-bond donors (Lipinski definition) is 2. The molecular weight excluding hydrogens is 451 g/mol. The van der Waals surface area contributed by atoms with Gasteiger partial charge in [0.05, 0.1) is 12.2 Å². The first-order valence-electron chi connectivity index (χ1n) is 10.3. The highest BCUT2D eigenvalue weighted by Gasteiger charge is 2.30. The Bertz CT molecular complexity index is 1330. The number of nitrogens with one attached hydrogen (secondary N) is 2. The second-order valence-electron chi connectivity index (χ2n) is 7.47. The molecule has 3 aromatic heterocycles. The zero-order valence-electron chi connectivity index (χ0n) is 18.2. The van der Waals surface area contributed by atoms with Crippen molar-refractivity contribution in [1.29, 1.82) is 0 Å². The summed E-state index contributed by atoms with van der Waals surface area (Å²) in [7, 11) is 0. The van der Waals surface area contributed by atoms with Crippen LogP contribution in [0, 0.1) is 13.8 Å². The van der Waals surface area contributed by atoms with Gasteiger partial charge in [0, 0.05) is 35.8 Å². The Labute approximate surface area is 191 Å². The van der Waals surface area contributed by atoms with Crippen LogP contribution in [0.5, 0.6) is 5.75 Å². The molecule has 0 bridgehead atoms. The van der Waals surface area contributed by atoms with Crippen molar-refractivity contribution in [2.24, 2.45) is 0 Å². The number of aromatic amines is 1. The van der Waals surface area contributed by atoms with Gasteiger partial charge in [0.15, 0.2) is 5.82 Å². The second-order valence-corrected chi connectivity index (χ2v) is 7.47. The van der Waals surface area contributed by atoms with Crippen molar-refractivity contribution in [3.8, 4) is 17.1 Å². The second kappa shape index (κ2) is 9.38. The van der Waals surface area contributed by atoms with E-state index in [0.717, 1.165) is 17.7 Å². The number of hydrogen-bond acceptors (Lipinski definition) is 7. The number of aryl methyl sites for hydroxylation is 1. The van der Waals surface area contributed by atoms with E-state index in [2.05, 4.69) is 29.9 Å². The number of H-pyrrole nitrogens is 1.